The summed E-state index contributed by atoms with van der Waals surface area (Å²) in [5.74, 6) is 1.92. The summed E-state index contributed by atoms with van der Waals surface area (Å²) in [6.07, 6.45) is 4.47. The number of hydrogen-bond acceptors (Lipinski definition) is 4. The van der Waals surface area contributed by atoms with Crippen LogP contribution in [0.2, 0.25) is 0 Å². The summed E-state index contributed by atoms with van der Waals surface area (Å²) >= 11 is 7.03. The molecule has 7 heteroatoms. The molecular formula is C11H15ClN4OS. The van der Waals surface area contributed by atoms with Gasteiger partial charge in [-0.3, -0.25) is 4.79 Å². The first-order valence-corrected chi connectivity index (χ1v) is 7.24. The molecule has 2 N–H and O–H groups in total. The van der Waals surface area contributed by atoms with E-state index in [2.05, 4.69) is 10.2 Å². The van der Waals surface area contributed by atoms with Gasteiger partial charge < -0.3 is 10.3 Å². The quantitative estimate of drug-likeness (QED) is 0.777. The molecule has 5 nitrogen and oxygen atoms in total. The van der Waals surface area contributed by atoms with Crippen molar-refractivity contribution in [3.63, 3.8) is 0 Å². The summed E-state index contributed by atoms with van der Waals surface area (Å²) < 4.78 is 2.01. The van der Waals surface area contributed by atoms with Crippen LogP contribution in [0.4, 0.5) is 0 Å². The Hall–Kier alpha value is -1.01. The minimum Gasteiger partial charge on any atom is -0.370 e. The van der Waals surface area contributed by atoms with Gasteiger partial charge in [0.25, 0.3) is 0 Å². The normalized spacial score (nSPS) is 15.4. The molecule has 1 aromatic heterocycles. The predicted octanol–water partition coefficient (Wildman–Crippen LogP) is 1.88. The van der Waals surface area contributed by atoms with Crippen molar-refractivity contribution in [2.75, 3.05) is 5.75 Å². The Morgan fingerprint density at radius 1 is 1.56 bits per heavy atom. The van der Waals surface area contributed by atoms with Gasteiger partial charge in [0.1, 0.15) is 5.82 Å². The molecule has 0 aliphatic heterocycles. The van der Waals surface area contributed by atoms with E-state index in [-0.39, 0.29) is 5.91 Å². The highest BCUT2D eigenvalue weighted by Crippen LogP contribution is 2.40. The maximum atomic E-state index is 10.9. The van der Waals surface area contributed by atoms with Crippen molar-refractivity contribution in [3.05, 3.63) is 17.4 Å². The average Bonchev–Trinajstić information content (AvgIpc) is 3.10. The van der Waals surface area contributed by atoms with E-state index in [1.54, 1.807) is 11.8 Å². The number of carbonyl (C=O) groups excluding carboxylic acids is 1. The number of halogens is 1. The Bertz CT molecular complexity index is 456. The monoisotopic (exact) mass is 286 g/mol. The van der Waals surface area contributed by atoms with E-state index >= 15 is 0 Å². The molecule has 1 heterocycles. The maximum absolute atomic E-state index is 10.9. The number of hydrogen-bond donors (Lipinski definition) is 1. The van der Waals surface area contributed by atoms with E-state index in [1.165, 1.54) is 5.54 Å². The second-order valence-electron chi connectivity index (χ2n) is 4.16. The van der Waals surface area contributed by atoms with Crippen LogP contribution in [0.25, 0.3) is 0 Å². The Balaban J connectivity index is 2.09. The van der Waals surface area contributed by atoms with Crippen molar-refractivity contribution in [1.29, 1.82) is 0 Å². The highest BCUT2D eigenvalue weighted by molar-refractivity contribution is 7.99. The maximum Gasteiger partial charge on any atom is 0.219 e. The molecule has 0 spiro atoms. The topological polar surface area (TPSA) is 73.8 Å². The van der Waals surface area contributed by atoms with Gasteiger partial charge in [-0.05, 0) is 12.8 Å². The third-order valence-corrected chi connectivity index (χ3v) is 3.77. The van der Waals surface area contributed by atoms with Crippen LogP contribution in [0.3, 0.4) is 0 Å². The fourth-order valence-corrected chi connectivity index (χ4v) is 2.62. The zero-order chi connectivity index (χ0) is 13.0. The lowest BCUT2D eigenvalue weighted by molar-refractivity contribution is -0.118. The molecule has 1 aromatic rings. The standard InChI is InChI=1S/C11H15ClN4OS/c12-5-1-7-18-11-15-14-10(8-2-3-8)16(11)6-4-9(13)17/h1,5,8H,2-4,6-7H2,(H2,13,17)/b5-1+. The lowest BCUT2D eigenvalue weighted by Crippen LogP contribution is -2.15. The molecule has 98 valence electrons. The largest absolute Gasteiger partial charge is 0.370 e. The van der Waals surface area contributed by atoms with Gasteiger partial charge >= 0.3 is 0 Å². The highest BCUT2D eigenvalue weighted by Gasteiger charge is 2.30. The molecule has 0 aromatic carbocycles. The SMILES string of the molecule is NC(=O)CCn1c(SC/C=C/Cl)nnc1C1CC1. The summed E-state index contributed by atoms with van der Waals surface area (Å²) in [7, 11) is 0. The van der Waals surface area contributed by atoms with Crippen molar-refractivity contribution < 1.29 is 4.79 Å². The van der Waals surface area contributed by atoms with Crippen LogP contribution in [0, 0.1) is 0 Å². The molecule has 1 amide bonds. The van der Waals surface area contributed by atoms with Gasteiger partial charge in [-0.25, -0.2) is 0 Å². The van der Waals surface area contributed by atoms with Crippen molar-refractivity contribution >= 4 is 29.3 Å². The molecule has 1 aliphatic rings. The number of rotatable bonds is 7. The van der Waals surface area contributed by atoms with Gasteiger partial charge in [0.2, 0.25) is 5.91 Å². The van der Waals surface area contributed by atoms with Gasteiger partial charge in [-0.15, -0.1) is 10.2 Å². The third-order valence-electron chi connectivity index (χ3n) is 2.67. The number of carbonyl (C=O) groups is 1. The molecule has 0 saturated heterocycles. The fraction of sp³-hybridized carbons (Fsp3) is 0.545. The van der Waals surface area contributed by atoms with Gasteiger partial charge in [0.05, 0.1) is 0 Å². The van der Waals surface area contributed by atoms with E-state index in [0.29, 0.717) is 18.9 Å². The first-order chi connectivity index (χ1) is 8.72. The van der Waals surface area contributed by atoms with E-state index in [4.69, 9.17) is 17.3 Å². The molecule has 0 atom stereocenters. The second-order valence-corrected chi connectivity index (χ2v) is 5.39. The Kier molecular flexibility index (Phi) is 4.66. The number of nitrogens with two attached hydrogens (primary N) is 1. The first kappa shape index (κ1) is 13.4. The summed E-state index contributed by atoms with van der Waals surface area (Å²) in [4.78, 5) is 10.9. The molecule has 2 rings (SSSR count). The molecule has 1 aliphatic carbocycles. The van der Waals surface area contributed by atoms with E-state index < -0.39 is 0 Å². The van der Waals surface area contributed by atoms with Gasteiger partial charge in [0, 0.05) is 30.2 Å². The van der Waals surface area contributed by atoms with Crippen molar-refractivity contribution in [3.8, 4) is 0 Å². The lowest BCUT2D eigenvalue weighted by atomic mass is 10.3. The molecule has 1 saturated carbocycles. The van der Waals surface area contributed by atoms with Crippen molar-refractivity contribution in [2.24, 2.45) is 5.73 Å². The molecule has 0 unspecified atom stereocenters. The number of nitrogens with zero attached hydrogens (tertiary/aromatic N) is 3. The fourth-order valence-electron chi connectivity index (χ4n) is 1.64. The van der Waals surface area contributed by atoms with Crippen LogP contribution in [0.1, 0.15) is 31.0 Å². The highest BCUT2D eigenvalue weighted by atomic mass is 35.5. The third kappa shape index (κ3) is 3.49. The number of amides is 1. The average molecular weight is 287 g/mol. The summed E-state index contributed by atoms with van der Waals surface area (Å²) in [5, 5.41) is 9.22. The zero-order valence-corrected chi connectivity index (χ0v) is 11.5. The number of primary amides is 1. The van der Waals surface area contributed by atoms with E-state index in [0.717, 1.165) is 29.6 Å². The van der Waals surface area contributed by atoms with E-state index in [9.17, 15) is 4.79 Å². The molecule has 1 fully saturated rings. The van der Waals surface area contributed by atoms with Gasteiger partial charge in [-0.2, -0.15) is 0 Å². The summed E-state index contributed by atoms with van der Waals surface area (Å²) in [6.45, 7) is 0.557. The van der Waals surface area contributed by atoms with Crippen molar-refractivity contribution in [1.82, 2.24) is 14.8 Å². The minimum absolute atomic E-state index is 0.304. The van der Waals surface area contributed by atoms with Crippen LogP contribution in [0.5, 0.6) is 0 Å². The van der Waals surface area contributed by atoms with Crippen LogP contribution >= 0.6 is 23.4 Å². The molecule has 0 bridgehead atoms. The molecular weight excluding hydrogens is 272 g/mol. The molecule has 18 heavy (non-hydrogen) atoms. The lowest BCUT2D eigenvalue weighted by Gasteiger charge is -2.07. The number of aromatic nitrogens is 3. The Labute approximate surface area is 115 Å². The summed E-state index contributed by atoms with van der Waals surface area (Å²) in [6, 6.07) is 0. The Morgan fingerprint density at radius 2 is 2.33 bits per heavy atom. The Morgan fingerprint density at radius 3 is 2.94 bits per heavy atom. The van der Waals surface area contributed by atoms with Crippen LogP contribution in [-0.2, 0) is 11.3 Å². The first-order valence-electron chi connectivity index (χ1n) is 5.81. The zero-order valence-electron chi connectivity index (χ0n) is 9.88. The smallest absolute Gasteiger partial charge is 0.219 e. The van der Waals surface area contributed by atoms with Crippen LogP contribution < -0.4 is 5.73 Å². The summed E-state index contributed by atoms with van der Waals surface area (Å²) in [5.41, 5.74) is 6.68. The van der Waals surface area contributed by atoms with Gasteiger partial charge in [0.15, 0.2) is 5.16 Å². The second kappa shape index (κ2) is 6.24. The number of thioether (sulfide) groups is 1. The van der Waals surface area contributed by atoms with E-state index in [1.807, 2.05) is 10.6 Å². The predicted molar refractivity (Wildman–Crippen MR) is 71.5 cm³/mol. The van der Waals surface area contributed by atoms with Crippen LogP contribution in [-0.4, -0.2) is 26.4 Å². The van der Waals surface area contributed by atoms with Crippen molar-refractivity contribution in [2.45, 2.75) is 36.9 Å². The molecule has 0 radical (unpaired) electrons. The van der Waals surface area contributed by atoms with Crippen LogP contribution in [0.15, 0.2) is 16.8 Å². The minimum atomic E-state index is -0.304. The van der Waals surface area contributed by atoms with Gasteiger partial charge in [-0.1, -0.05) is 29.4 Å².